The number of imide groups is 2. The Morgan fingerprint density at radius 3 is 2.58 bits per heavy atom. The lowest BCUT2D eigenvalue weighted by molar-refractivity contribution is -0.136. The number of piperidine rings is 1. The Kier molecular flexibility index (Phi) is 4.22. The van der Waals surface area contributed by atoms with Crippen LogP contribution in [0.4, 0.5) is 0 Å². The van der Waals surface area contributed by atoms with Crippen molar-refractivity contribution in [3.8, 4) is 0 Å². The molecule has 4 N–H and O–H groups in total. The third-order valence-corrected chi connectivity index (χ3v) is 7.42. The van der Waals surface area contributed by atoms with Gasteiger partial charge in [-0.2, -0.15) is 0 Å². The highest BCUT2D eigenvalue weighted by atomic mass is 16.5. The maximum absolute atomic E-state index is 13.2. The van der Waals surface area contributed by atoms with Crippen molar-refractivity contribution in [3.05, 3.63) is 34.9 Å². The topological polar surface area (TPSA) is 131 Å². The average Bonchev–Trinajstić information content (AvgIpc) is 3.18. The third-order valence-electron chi connectivity index (χ3n) is 7.42. The molecule has 1 unspecified atom stereocenters. The number of hydrogen-bond donors (Lipinski definition) is 3. The number of nitrogens with one attached hydrogen (secondary N) is 2. The van der Waals surface area contributed by atoms with E-state index >= 15 is 0 Å². The zero-order chi connectivity index (χ0) is 22.2. The van der Waals surface area contributed by atoms with E-state index in [0.717, 1.165) is 17.7 Å². The van der Waals surface area contributed by atoms with Crippen LogP contribution in [0.15, 0.2) is 18.2 Å². The number of amides is 4. The number of rotatable bonds is 5. The van der Waals surface area contributed by atoms with Crippen LogP contribution in [-0.4, -0.2) is 57.9 Å². The first-order valence-corrected chi connectivity index (χ1v) is 10.6. The van der Waals surface area contributed by atoms with Crippen LogP contribution in [0.5, 0.6) is 0 Å². The summed E-state index contributed by atoms with van der Waals surface area (Å²) < 4.78 is 6.21. The molecule has 5 aliphatic rings. The van der Waals surface area contributed by atoms with Crippen LogP contribution in [0.2, 0.25) is 0 Å². The molecule has 1 aliphatic carbocycles. The van der Waals surface area contributed by atoms with Crippen LogP contribution in [0, 0.1) is 0 Å². The lowest BCUT2D eigenvalue weighted by Gasteiger charge is -2.47. The van der Waals surface area contributed by atoms with Crippen LogP contribution < -0.4 is 16.4 Å². The summed E-state index contributed by atoms with van der Waals surface area (Å²) >= 11 is 0. The first kappa shape index (κ1) is 20.3. The van der Waals surface area contributed by atoms with Crippen molar-refractivity contribution in [2.45, 2.75) is 68.9 Å². The number of hydrogen-bond acceptors (Lipinski definition) is 7. The van der Waals surface area contributed by atoms with Crippen LogP contribution in [0.1, 0.15) is 65.8 Å². The summed E-state index contributed by atoms with van der Waals surface area (Å²) in [6.45, 7) is 4.94. The molecule has 4 aliphatic heterocycles. The average molecular weight is 426 g/mol. The second-order valence-electron chi connectivity index (χ2n) is 9.58. The van der Waals surface area contributed by atoms with E-state index in [1.54, 1.807) is 12.1 Å². The smallest absolute Gasteiger partial charge is 0.262 e. The van der Waals surface area contributed by atoms with E-state index in [4.69, 9.17) is 10.5 Å². The number of carbonyl (C=O) groups excluding carboxylic acids is 4. The van der Waals surface area contributed by atoms with Crippen LogP contribution in [0.3, 0.4) is 0 Å². The quantitative estimate of drug-likeness (QED) is 0.574. The Morgan fingerprint density at radius 2 is 1.94 bits per heavy atom. The summed E-state index contributed by atoms with van der Waals surface area (Å²) in [5, 5.41) is 5.80. The van der Waals surface area contributed by atoms with Crippen molar-refractivity contribution in [1.29, 1.82) is 0 Å². The van der Waals surface area contributed by atoms with Crippen molar-refractivity contribution in [1.82, 2.24) is 15.5 Å². The molecule has 0 radical (unpaired) electrons. The molecular formula is C22H26N4O5. The van der Waals surface area contributed by atoms with Gasteiger partial charge >= 0.3 is 0 Å². The molecule has 1 aromatic rings. The van der Waals surface area contributed by atoms with E-state index in [2.05, 4.69) is 10.6 Å². The normalized spacial score (nSPS) is 33.4. The monoisotopic (exact) mass is 426 g/mol. The largest absolute Gasteiger partial charge is 0.366 e. The predicted molar refractivity (Wildman–Crippen MR) is 109 cm³/mol. The fourth-order valence-corrected chi connectivity index (χ4v) is 5.71. The van der Waals surface area contributed by atoms with Crippen molar-refractivity contribution < 1.29 is 23.9 Å². The highest BCUT2D eigenvalue weighted by Gasteiger charge is 2.70. The Bertz CT molecular complexity index is 1030. The van der Waals surface area contributed by atoms with Gasteiger partial charge < -0.3 is 15.8 Å². The van der Waals surface area contributed by atoms with Gasteiger partial charge in [0.15, 0.2) is 0 Å². The minimum atomic E-state index is -0.969. The number of ether oxygens (including phenoxy) is 1. The van der Waals surface area contributed by atoms with E-state index < -0.39 is 35.3 Å². The Labute approximate surface area is 179 Å². The van der Waals surface area contributed by atoms with E-state index in [-0.39, 0.29) is 24.0 Å². The van der Waals surface area contributed by atoms with Gasteiger partial charge in [0, 0.05) is 19.5 Å². The molecule has 6 rings (SSSR count). The maximum atomic E-state index is 13.2. The van der Waals surface area contributed by atoms with Gasteiger partial charge in [-0.15, -0.1) is 0 Å². The van der Waals surface area contributed by atoms with Crippen molar-refractivity contribution in [3.63, 3.8) is 0 Å². The van der Waals surface area contributed by atoms with Gasteiger partial charge in [-0.3, -0.25) is 29.4 Å². The number of benzene rings is 1. The van der Waals surface area contributed by atoms with Crippen LogP contribution in [0.25, 0.3) is 0 Å². The summed E-state index contributed by atoms with van der Waals surface area (Å²) in [7, 11) is 0. The second kappa shape index (κ2) is 6.44. The molecule has 1 atom stereocenters. The van der Waals surface area contributed by atoms with E-state index in [1.807, 2.05) is 19.9 Å². The number of nitrogens with zero attached hydrogens (tertiary/aromatic N) is 1. The fourth-order valence-electron chi connectivity index (χ4n) is 5.71. The van der Waals surface area contributed by atoms with Gasteiger partial charge in [0.2, 0.25) is 11.8 Å². The molecule has 9 heteroatoms. The number of fused-ring (bicyclic) bond motifs is 2. The van der Waals surface area contributed by atoms with Crippen LogP contribution >= 0.6 is 0 Å². The number of carbonyl (C=O) groups is 4. The first-order valence-electron chi connectivity index (χ1n) is 10.6. The minimum absolute atomic E-state index is 0.0960. The molecule has 1 aromatic carbocycles. The van der Waals surface area contributed by atoms with Crippen molar-refractivity contribution >= 4 is 23.6 Å². The Balaban J connectivity index is 1.39. The van der Waals surface area contributed by atoms with Gasteiger partial charge in [0.25, 0.3) is 11.8 Å². The zero-order valence-corrected chi connectivity index (χ0v) is 17.6. The summed E-state index contributed by atoms with van der Waals surface area (Å²) in [5.74, 6) is -1.99. The lowest BCUT2D eigenvalue weighted by Crippen LogP contribution is -2.64. The molecule has 4 amide bonds. The number of nitrogens with two attached hydrogens (primary N) is 1. The summed E-state index contributed by atoms with van der Waals surface area (Å²) in [6.07, 6.45) is 1.83. The molecule has 1 saturated carbocycles. The molecule has 0 spiro atoms. The van der Waals surface area contributed by atoms with E-state index in [1.165, 1.54) is 0 Å². The van der Waals surface area contributed by atoms with Crippen LogP contribution in [-0.2, 0) is 20.9 Å². The van der Waals surface area contributed by atoms with Gasteiger partial charge in [-0.05, 0) is 44.7 Å². The lowest BCUT2D eigenvalue weighted by atomic mass is 9.62. The minimum Gasteiger partial charge on any atom is -0.366 e. The molecule has 9 nitrogen and oxygen atoms in total. The summed E-state index contributed by atoms with van der Waals surface area (Å²) in [6, 6.07) is 4.20. The van der Waals surface area contributed by atoms with Crippen molar-refractivity contribution in [2.75, 3.05) is 6.54 Å². The summed E-state index contributed by atoms with van der Waals surface area (Å²) in [5.41, 5.74) is 6.29. The third kappa shape index (κ3) is 2.73. The zero-order valence-electron chi connectivity index (χ0n) is 17.6. The summed E-state index contributed by atoms with van der Waals surface area (Å²) in [4.78, 5) is 51.0. The fraction of sp³-hybridized carbons (Fsp3) is 0.545. The second-order valence-corrected chi connectivity index (χ2v) is 9.58. The Hall–Kier alpha value is -2.62. The standard InChI is InChI=1S/C22H26N4O5/c1-20(2)22(9-21(10-22,11-23)31-20)24-8-12-4-3-5-13-16(12)19(30)26(18(13)29)14-6-7-15(27)25-17(14)28/h3-5,14,24H,6-11,23H2,1-2H3,(H,25,27,28). The van der Waals surface area contributed by atoms with Gasteiger partial charge in [0.1, 0.15) is 6.04 Å². The van der Waals surface area contributed by atoms with Crippen molar-refractivity contribution in [2.24, 2.45) is 5.73 Å². The molecule has 4 fully saturated rings. The molecule has 4 heterocycles. The first-order chi connectivity index (χ1) is 14.6. The van der Waals surface area contributed by atoms with E-state index in [9.17, 15) is 19.2 Å². The van der Waals surface area contributed by atoms with E-state index in [0.29, 0.717) is 29.8 Å². The maximum Gasteiger partial charge on any atom is 0.262 e. The molecule has 2 bridgehead atoms. The molecular weight excluding hydrogens is 400 g/mol. The van der Waals surface area contributed by atoms with Gasteiger partial charge in [-0.1, -0.05) is 12.1 Å². The SMILES string of the molecule is CC1(C)OC2(CN)CC1(NCc1cccc3c1C(=O)N(C1CCC(=O)NC1=O)C3=O)C2. The van der Waals surface area contributed by atoms with Gasteiger partial charge in [-0.25, -0.2) is 0 Å². The highest BCUT2D eigenvalue weighted by molar-refractivity contribution is 6.24. The Morgan fingerprint density at radius 1 is 1.19 bits per heavy atom. The molecule has 3 saturated heterocycles. The highest BCUT2D eigenvalue weighted by Crippen LogP contribution is 2.60. The van der Waals surface area contributed by atoms with Gasteiger partial charge in [0.05, 0.1) is 27.9 Å². The predicted octanol–water partition coefficient (Wildman–Crippen LogP) is 0.216. The molecule has 31 heavy (non-hydrogen) atoms. The molecule has 0 aromatic heterocycles. The molecule has 164 valence electrons.